The molecule has 22 heavy (non-hydrogen) atoms. The van der Waals surface area contributed by atoms with Crippen molar-refractivity contribution >= 4 is 16.0 Å². The molecule has 0 spiro atoms. The number of aromatic nitrogens is 2. The zero-order valence-corrected chi connectivity index (χ0v) is 14.4. The molecule has 1 heterocycles. The molecule has 0 fully saturated rings. The van der Waals surface area contributed by atoms with Crippen molar-refractivity contribution in [2.24, 2.45) is 0 Å². The zero-order valence-electron chi connectivity index (χ0n) is 13.5. The summed E-state index contributed by atoms with van der Waals surface area (Å²) in [5.41, 5.74) is 1.42. The zero-order chi connectivity index (χ0) is 17.2. The molecule has 1 rings (SSSR count). The van der Waals surface area contributed by atoms with E-state index >= 15 is 0 Å². The molecule has 0 aliphatic rings. The first-order valence-corrected chi connectivity index (χ1v) is 8.41. The molecule has 0 amide bonds. The van der Waals surface area contributed by atoms with E-state index in [1.807, 2.05) is 13.8 Å². The van der Waals surface area contributed by atoms with Gasteiger partial charge in [0.2, 0.25) is 10.0 Å². The van der Waals surface area contributed by atoms with E-state index in [2.05, 4.69) is 16.4 Å². The molecule has 124 valence electrons. The van der Waals surface area contributed by atoms with Crippen molar-refractivity contribution in [1.29, 1.82) is 0 Å². The van der Waals surface area contributed by atoms with Crippen LogP contribution in [0, 0.1) is 13.8 Å². The Morgan fingerprint density at radius 3 is 2.32 bits per heavy atom. The first-order chi connectivity index (χ1) is 9.97. The second kappa shape index (κ2) is 6.62. The lowest BCUT2D eigenvalue weighted by atomic mass is 10.1. The Hall–Kier alpha value is -1.67. The molecule has 1 unspecified atom stereocenters. The Labute approximate surface area is 131 Å². The van der Waals surface area contributed by atoms with Gasteiger partial charge in [0.1, 0.15) is 10.9 Å². The average Bonchev–Trinajstić information content (AvgIpc) is 2.63. The lowest BCUT2D eigenvalue weighted by Crippen LogP contribution is -2.41. The number of hydrogen-bond acceptors (Lipinski definition) is 4. The fourth-order valence-electron chi connectivity index (χ4n) is 2.31. The molecule has 1 aromatic rings. The number of carboxylic acids is 1. The Morgan fingerprint density at radius 1 is 1.41 bits per heavy atom. The highest BCUT2D eigenvalue weighted by molar-refractivity contribution is 7.89. The van der Waals surface area contributed by atoms with E-state index in [4.69, 9.17) is 0 Å². The minimum atomic E-state index is -3.98. The van der Waals surface area contributed by atoms with Gasteiger partial charge in [-0.15, -0.1) is 6.58 Å². The van der Waals surface area contributed by atoms with Crippen LogP contribution in [0.25, 0.3) is 0 Å². The van der Waals surface area contributed by atoms with E-state index in [9.17, 15) is 18.3 Å². The third-order valence-electron chi connectivity index (χ3n) is 3.16. The summed E-state index contributed by atoms with van der Waals surface area (Å²) < 4.78 is 28.9. The van der Waals surface area contributed by atoms with Gasteiger partial charge in [0.05, 0.1) is 11.4 Å². The molecule has 0 saturated carbocycles. The van der Waals surface area contributed by atoms with Gasteiger partial charge in [-0.1, -0.05) is 5.57 Å². The molecular weight excluding hydrogens is 306 g/mol. The molecule has 0 aliphatic carbocycles. The fraction of sp³-hybridized carbons (Fsp3) is 0.571. The van der Waals surface area contributed by atoms with Crippen LogP contribution in [0.1, 0.15) is 44.6 Å². The highest BCUT2D eigenvalue weighted by Gasteiger charge is 2.30. The van der Waals surface area contributed by atoms with Crippen LogP contribution in [-0.2, 0) is 14.8 Å². The van der Waals surface area contributed by atoms with Gasteiger partial charge in [0.25, 0.3) is 0 Å². The lowest BCUT2D eigenvalue weighted by Gasteiger charge is -2.15. The van der Waals surface area contributed by atoms with Gasteiger partial charge in [-0.05, 0) is 41.0 Å². The van der Waals surface area contributed by atoms with E-state index in [1.165, 1.54) is 0 Å². The number of carbonyl (C=O) groups is 1. The Kier molecular flexibility index (Phi) is 5.53. The first kappa shape index (κ1) is 18.4. The molecule has 2 N–H and O–H groups in total. The van der Waals surface area contributed by atoms with Crippen LogP contribution in [0.2, 0.25) is 0 Å². The second-order valence-electron chi connectivity index (χ2n) is 5.71. The maximum atomic E-state index is 12.5. The van der Waals surface area contributed by atoms with E-state index in [0.717, 1.165) is 0 Å². The molecule has 8 heteroatoms. The Bertz CT molecular complexity index is 689. The summed E-state index contributed by atoms with van der Waals surface area (Å²) in [4.78, 5) is 11.3. The quantitative estimate of drug-likeness (QED) is 0.743. The van der Waals surface area contributed by atoms with Gasteiger partial charge in [0, 0.05) is 6.04 Å². The summed E-state index contributed by atoms with van der Waals surface area (Å²) in [5, 5.41) is 13.4. The number of aryl methyl sites for hydroxylation is 1. The number of nitrogens with zero attached hydrogens (tertiary/aromatic N) is 2. The smallest absolute Gasteiger partial charge is 0.322 e. The summed E-state index contributed by atoms with van der Waals surface area (Å²) in [6.07, 6.45) is 0.0327. The fourth-order valence-corrected chi connectivity index (χ4v) is 3.90. The van der Waals surface area contributed by atoms with Crippen molar-refractivity contribution in [3.8, 4) is 0 Å². The van der Waals surface area contributed by atoms with Gasteiger partial charge in [-0.2, -0.15) is 9.82 Å². The number of nitrogens with one attached hydrogen (secondary N) is 1. The van der Waals surface area contributed by atoms with E-state index < -0.39 is 22.0 Å². The van der Waals surface area contributed by atoms with Gasteiger partial charge >= 0.3 is 5.97 Å². The molecule has 1 aromatic heterocycles. The Morgan fingerprint density at radius 2 is 1.95 bits per heavy atom. The molecule has 0 radical (unpaired) electrons. The van der Waals surface area contributed by atoms with Gasteiger partial charge in [0.15, 0.2) is 0 Å². The second-order valence-corrected chi connectivity index (χ2v) is 7.36. The van der Waals surface area contributed by atoms with E-state index in [-0.39, 0.29) is 17.4 Å². The summed E-state index contributed by atoms with van der Waals surface area (Å²) >= 11 is 0. The van der Waals surface area contributed by atoms with Crippen LogP contribution in [-0.4, -0.2) is 35.3 Å². The normalized spacial score (nSPS) is 13.4. The summed E-state index contributed by atoms with van der Waals surface area (Å²) in [6.45, 7) is 12.3. The van der Waals surface area contributed by atoms with Crippen molar-refractivity contribution in [2.45, 2.75) is 58.0 Å². The van der Waals surface area contributed by atoms with Crippen LogP contribution in [0.4, 0.5) is 0 Å². The third-order valence-corrected chi connectivity index (χ3v) is 4.89. The van der Waals surface area contributed by atoms with E-state index in [1.54, 1.807) is 25.5 Å². The van der Waals surface area contributed by atoms with Crippen LogP contribution in [0.3, 0.4) is 0 Å². The Balaban J connectivity index is 3.24. The standard InChI is InChI=1S/C14H23N3O4S/c1-8(2)7-12(14(18)19)16-22(20,21)13-10(5)15-17(9(3)4)11(13)6/h9,12,16H,1,7H2,2-6H3,(H,18,19). The van der Waals surface area contributed by atoms with Crippen LogP contribution < -0.4 is 4.72 Å². The third kappa shape index (κ3) is 3.95. The average molecular weight is 329 g/mol. The monoisotopic (exact) mass is 329 g/mol. The minimum absolute atomic E-state index is 0.00772. The number of sulfonamides is 1. The molecule has 1 atom stereocenters. The van der Waals surface area contributed by atoms with Gasteiger partial charge in [-0.3, -0.25) is 9.48 Å². The highest BCUT2D eigenvalue weighted by atomic mass is 32.2. The predicted molar refractivity (Wildman–Crippen MR) is 83.3 cm³/mol. The highest BCUT2D eigenvalue weighted by Crippen LogP contribution is 2.22. The van der Waals surface area contributed by atoms with Crippen molar-refractivity contribution in [3.05, 3.63) is 23.5 Å². The molecular formula is C14H23N3O4S. The first-order valence-electron chi connectivity index (χ1n) is 6.92. The van der Waals surface area contributed by atoms with Crippen LogP contribution in [0.5, 0.6) is 0 Å². The number of rotatable bonds is 7. The SMILES string of the molecule is C=C(C)CC(NS(=O)(=O)c1c(C)nn(C(C)C)c1C)C(=O)O. The largest absolute Gasteiger partial charge is 0.480 e. The molecule has 0 aliphatic heterocycles. The molecule has 0 bridgehead atoms. The van der Waals surface area contributed by atoms with Crippen molar-refractivity contribution in [2.75, 3.05) is 0 Å². The van der Waals surface area contributed by atoms with Crippen molar-refractivity contribution < 1.29 is 18.3 Å². The minimum Gasteiger partial charge on any atom is -0.480 e. The summed E-state index contributed by atoms with van der Waals surface area (Å²) in [7, 11) is -3.98. The number of aliphatic carboxylic acids is 1. The summed E-state index contributed by atoms with van der Waals surface area (Å²) in [5.74, 6) is -1.24. The maximum absolute atomic E-state index is 12.5. The van der Waals surface area contributed by atoms with Gasteiger partial charge < -0.3 is 5.11 Å². The van der Waals surface area contributed by atoms with Crippen LogP contribution >= 0.6 is 0 Å². The molecule has 0 saturated heterocycles. The molecule has 0 aromatic carbocycles. The molecule has 7 nitrogen and oxygen atoms in total. The van der Waals surface area contributed by atoms with Crippen LogP contribution in [0.15, 0.2) is 17.0 Å². The predicted octanol–water partition coefficient (Wildman–Crippen LogP) is 1.78. The van der Waals surface area contributed by atoms with Crippen molar-refractivity contribution in [3.63, 3.8) is 0 Å². The van der Waals surface area contributed by atoms with Crippen molar-refractivity contribution in [1.82, 2.24) is 14.5 Å². The summed E-state index contributed by atoms with van der Waals surface area (Å²) in [6, 6.07) is -1.24. The topological polar surface area (TPSA) is 101 Å². The maximum Gasteiger partial charge on any atom is 0.322 e. The van der Waals surface area contributed by atoms with Gasteiger partial charge in [-0.25, -0.2) is 8.42 Å². The van der Waals surface area contributed by atoms with E-state index in [0.29, 0.717) is 17.0 Å². The number of hydrogen-bond donors (Lipinski definition) is 2. The lowest BCUT2D eigenvalue weighted by molar-refractivity contribution is -0.138. The number of carboxylic acid groups (broad SMARTS) is 1.